The summed E-state index contributed by atoms with van der Waals surface area (Å²) in [5, 5.41) is 6.99. The molecule has 0 fully saturated rings. The average molecular weight is 542 g/mol. The number of halogens is 1. The first-order chi connectivity index (χ1) is 17.3. The van der Waals surface area contributed by atoms with Crippen molar-refractivity contribution < 1.29 is 19.0 Å². The van der Waals surface area contributed by atoms with Gasteiger partial charge in [0, 0.05) is 19.2 Å². The fourth-order valence-electron chi connectivity index (χ4n) is 3.32. The highest BCUT2D eigenvalue weighted by Gasteiger charge is 2.15. The Morgan fingerprint density at radius 2 is 1.68 bits per heavy atom. The van der Waals surface area contributed by atoms with Gasteiger partial charge >= 0.3 is 6.09 Å². The van der Waals surface area contributed by atoms with Crippen LogP contribution in [0, 0.1) is 0 Å². The van der Waals surface area contributed by atoms with Gasteiger partial charge in [-0.3, -0.25) is 0 Å². The standard InChI is InChI=1S/C28H31N3O4S.ClH/c1-28(2,3)35-27(32)29-16-7-17-33-21-12-10-20(11-13-21)19-30-26-31-24-15-14-23(18-25(24)36-26)34-22-8-5-4-6-9-22;/h4-6,8-15,18H,7,16-17,19H2,1-3H3,(H,29,32)(H,30,31);1H. The Labute approximate surface area is 227 Å². The molecule has 3 aromatic carbocycles. The molecule has 0 aliphatic heterocycles. The number of aromatic nitrogens is 1. The lowest BCUT2D eigenvalue weighted by Gasteiger charge is -2.19. The van der Waals surface area contributed by atoms with E-state index in [2.05, 4.69) is 15.6 Å². The molecule has 0 spiro atoms. The summed E-state index contributed by atoms with van der Waals surface area (Å²) in [6.45, 7) is 7.19. The third-order valence-electron chi connectivity index (χ3n) is 4.96. The highest BCUT2D eigenvalue weighted by atomic mass is 35.5. The summed E-state index contributed by atoms with van der Waals surface area (Å²) in [6, 6.07) is 23.6. The number of ether oxygens (including phenoxy) is 3. The molecule has 196 valence electrons. The summed E-state index contributed by atoms with van der Waals surface area (Å²) >= 11 is 1.60. The van der Waals surface area contributed by atoms with Crippen molar-refractivity contribution in [2.45, 2.75) is 39.3 Å². The summed E-state index contributed by atoms with van der Waals surface area (Å²) in [7, 11) is 0. The number of hydrogen-bond donors (Lipinski definition) is 2. The van der Waals surface area contributed by atoms with Crippen LogP contribution in [-0.4, -0.2) is 29.8 Å². The normalized spacial score (nSPS) is 10.9. The van der Waals surface area contributed by atoms with Gasteiger partial charge < -0.3 is 24.8 Å². The molecular formula is C28H32ClN3O4S. The van der Waals surface area contributed by atoms with Gasteiger partial charge in [-0.05, 0) is 69.2 Å². The third-order valence-corrected chi connectivity index (χ3v) is 5.94. The van der Waals surface area contributed by atoms with Crippen molar-refractivity contribution in [1.29, 1.82) is 0 Å². The van der Waals surface area contributed by atoms with Crippen LogP contribution in [0.15, 0.2) is 72.8 Å². The van der Waals surface area contributed by atoms with Gasteiger partial charge in [0.25, 0.3) is 0 Å². The summed E-state index contributed by atoms with van der Waals surface area (Å²) < 4.78 is 18.0. The fourth-order valence-corrected chi connectivity index (χ4v) is 4.21. The summed E-state index contributed by atoms with van der Waals surface area (Å²) in [4.78, 5) is 16.3. The molecule has 7 nitrogen and oxygen atoms in total. The second-order valence-corrected chi connectivity index (χ2v) is 10.2. The zero-order valence-electron chi connectivity index (χ0n) is 21.2. The second-order valence-electron chi connectivity index (χ2n) is 9.19. The molecule has 1 heterocycles. The van der Waals surface area contributed by atoms with Gasteiger partial charge in [-0.2, -0.15) is 0 Å². The maximum atomic E-state index is 11.6. The number of hydrogen-bond acceptors (Lipinski definition) is 7. The van der Waals surface area contributed by atoms with E-state index in [4.69, 9.17) is 14.2 Å². The molecule has 0 radical (unpaired) electrons. The summed E-state index contributed by atoms with van der Waals surface area (Å²) in [5.74, 6) is 2.40. The van der Waals surface area contributed by atoms with Gasteiger partial charge in [-0.1, -0.05) is 41.7 Å². The Morgan fingerprint density at radius 1 is 0.946 bits per heavy atom. The number of carbonyl (C=O) groups excluding carboxylic acids is 1. The van der Waals surface area contributed by atoms with E-state index in [0.717, 1.165) is 38.2 Å². The first-order valence-electron chi connectivity index (χ1n) is 11.9. The number of rotatable bonds is 10. The van der Waals surface area contributed by atoms with Crippen LogP contribution < -0.4 is 20.1 Å². The number of amides is 1. The molecule has 0 atom stereocenters. The summed E-state index contributed by atoms with van der Waals surface area (Å²) in [6.07, 6.45) is 0.284. The van der Waals surface area contributed by atoms with Crippen molar-refractivity contribution >= 4 is 45.2 Å². The lowest BCUT2D eigenvalue weighted by molar-refractivity contribution is 0.0525. The van der Waals surface area contributed by atoms with Crippen molar-refractivity contribution in [2.24, 2.45) is 0 Å². The average Bonchev–Trinajstić information content (AvgIpc) is 3.25. The van der Waals surface area contributed by atoms with Gasteiger partial charge in [0.15, 0.2) is 5.13 Å². The van der Waals surface area contributed by atoms with E-state index in [9.17, 15) is 4.79 Å². The van der Waals surface area contributed by atoms with Crippen LogP contribution in [0.1, 0.15) is 32.8 Å². The van der Waals surface area contributed by atoms with Gasteiger partial charge in [0.05, 0.1) is 16.8 Å². The van der Waals surface area contributed by atoms with E-state index in [1.807, 2.05) is 93.6 Å². The maximum Gasteiger partial charge on any atom is 0.407 e. The van der Waals surface area contributed by atoms with Crippen molar-refractivity contribution in [3.8, 4) is 17.2 Å². The molecule has 0 unspecified atom stereocenters. The SMILES string of the molecule is CC(C)(C)OC(=O)NCCCOc1ccc(CNc2nc3ccc(Oc4ccccc4)cc3s2)cc1.Cl. The number of thiazole rings is 1. The molecule has 1 amide bonds. The molecule has 2 N–H and O–H groups in total. The third kappa shape index (κ3) is 9.15. The van der Waals surface area contributed by atoms with Crippen LogP contribution in [-0.2, 0) is 11.3 Å². The first kappa shape index (κ1) is 28.1. The minimum atomic E-state index is -0.495. The smallest absolute Gasteiger partial charge is 0.407 e. The van der Waals surface area contributed by atoms with Crippen molar-refractivity contribution in [3.05, 3.63) is 78.4 Å². The number of alkyl carbamates (subject to hydrolysis) is 1. The number of benzene rings is 3. The van der Waals surface area contributed by atoms with E-state index in [-0.39, 0.29) is 12.4 Å². The van der Waals surface area contributed by atoms with E-state index >= 15 is 0 Å². The second kappa shape index (κ2) is 13.2. The van der Waals surface area contributed by atoms with Crippen LogP contribution >= 0.6 is 23.7 Å². The van der Waals surface area contributed by atoms with Crippen LogP contribution in [0.3, 0.4) is 0 Å². The Bertz CT molecular complexity index is 1270. The highest BCUT2D eigenvalue weighted by Crippen LogP contribution is 2.31. The Balaban J connectivity index is 0.00000380. The Morgan fingerprint density at radius 3 is 2.41 bits per heavy atom. The molecule has 4 aromatic rings. The predicted octanol–water partition coefficient (Wildman–Crippen LogP) is 7.42. The number of para-hydroxylation sites is 1. The number of carbonyl (C=O) groups is 1. The topological polar surface area (TPSA) is 81.7 Å². The predicted molar refractivity (Wildman–Crippen MR) is 152 cm³/mol. The largest absolute Gasteiger partial charge is 0.494 e. The maximum absolute atomic E-state index is 11.6. The highest BCUT2D eigenvalue weighted by molar-refractivity contribution is 7.22. The van der Waals surface area contributed by atoms with Gasteiger partial charge in [0.1, 0.15) is 22.8 Å². The molecule has 0 aliphatic rings. The van der Waals surface area contributed by atoms with E-state index < -0.39 is 11.7 Å². The monoisotopic (exact) mass is 541 g/mol. The lowest BCUT2D eigenvalue weighted by atomic mass is 10.2. The molecule has 37 heavy (non-hydrogen) atoms. The minimum absolute atomic E-state index is 0. The van der Waals surface area contributed by atoms with Crippen molar-refractivity contribution in [1.82, 2.24) is 10.3 Å². The van der Waals surface area contributed by atoms with E-state index in [1.165, 1.54) is 0 Å². The van der Waals surface area contributed by atoms with Gasteiger partial charge in [-0.25, -0.2) is 9.78 Å². The Kier molecular flexibility index (Phi) is 10.00. The van der Waals surface area contributed by atoms with Crippen LogP contribution in [0.25, 0.3) is 10.2 Å². The number of fused-ring (bicyclic) bond motifs is 1. The lowest BCUT2D eigenvalue weighted by Crippen LogP contribution is -2.33. The van der Waals surface area contributed by atoms with Crippen molar-refractivity contribution in [2.75, 3.05) is 18.5 Å². The number of nitrogens with one attached hydrogen (secondary N) is 2. The van der Waals surface area contributed by atoms with Crippen LogP contribution in [0.5, 0.6) is 17.2 Å². The quantitative estimate of drug-likeness (QED) is 0.203. The minimum Gasteiger partial charge on any atom is -0.494 e. The fraction of sp³-hybridized carbons (Fsp3) is 0.286. The molecule has 4 rings (SSSR count). The first-order valence-corrected chi connectivity index (χ1v) is 12.7. The van der Waals surface area contributed by atoms with Crippen molar-refractivity contribution in [3.63, 3.8) is 0 Å². The summed E-state index contributed by atoms with van der Waals surface area (Å²) in [5.41, 5.74) is 1.57. The zero-order chi connectivity index (χ0) is 25.4. The molecule has 0 aliphatic carbocycles. The molecule has 1 aromatic heterocycles. The van der Waals surface area contributed by atoms with Crippen LogP contribution in [0.4, 0.5) is 9.93 Å². The molecule has 0 saturated heterocycles. The molecular weight excluding hydrogens is 510 g/mol. The van der Waals surface area contributed by atoms with Gasteiger partial charge in [0.2, 0.25) is 0 Å². The van der Waals surface area contributed by atoms with E-state index in [0.29, 0.717) is 26.1 Å². The zero-order valence-corrected chi connectivity index (χ0v) is 22.8. The van der Waals surface area contributed by atoms with Crippen LogP contribution in [0.2, 0.25) is 0 Å². The molecule has 0 saturated carbocycles. The molecule has 9 heteroatoms. The van der Waals surface area contributed by atoms with E-state index in [1.54, 1.807) is 11.3 Å². The Hall–Kier alpha value is -3.49. The number of nitrogens with zero attached hydrogens (tertiary/aromatic N) is 1. The van der Waals surface area contributed by atoms with Gasteiger partial charge in [-0.15, -0.1) is 12.4 Å². The number of anilines is 1. The molecule has 0 bridgehead atoms.